The van der Waals surface area contributed by atoms with Gasteiger partial charge >= 0.3 is 0 Å². The Labute approximate surface area is 113 Å². The third-order valence-corrected chi connectivity index (χ3v) is 4.66. The highest BCUT2D eigenvalue weighted by molar-refractivity contribution is 7.98. The van der Waals surface area contributed by atoms with E-state index in [-0.39, 0.29) is 0 Å². The van der Waals surface area contributed by atoms with Gasteiger partial charge in [-0.3, -0.25) is 4.98 Å². The lowest BCUT2D eigenvalue weighted by molar-refractivity contribution is 0.783. The van der Waals surface area contributed by atoms with Crippen molar-refractivity contribution in [1.29, 1.82) is 0 Å². The van der Waals surface area contributed by atoms with Gasteiger partial charge in [0.2, 0.25) is 0 Å². The first-order valence-electron chi connectivity index (χ1n) is 6.32. The van der Waals surface area contributed by atoms with Crippen molar-refractivity contribution < 1.29 is 0 Å². The van der Waals surface area contributed by atoms with E-state index in [0.717, 1.165) is 0 Å². The lowest BCUT2D eigenvalue weighted by Crippen LogP contribution is -2.03. The van der Waals surface area contributed by atoms with Crippen molar-refractivity contribution in [2.45, 2.75) is 30.1 Å². The smallest absolute Gasteiger partial charge is 0.0311 e. The fourth-order valence-corrected chi connectivity index (χ4v) is 3.05. The molecule has 1 aromatic carbocycles. The highest BCUT2D eigenvalue weighted by atomic mass is 32.2. The Balaban J connectivity index is 2.17. The van der Waals surface area contributed by atoms with Gasteiger partial charge in [0.1, 0.15) is 0 Å². The minimum Gasteiger partial charge on any atom is -0.264 e. The second-order valence-electron chi connectivity index (χ2n) is 5.18. The molecule has 1 saturated carbocycles. The van der Waals surface area contributed by atoms with Crippen LogP contribution in [0.1, 0.15) is 25.3 Å². The number of aromatic nitrogens is 1. The maximum atomic E-state index is 4.33. The van der Waals surface area contributed by atoms with Crippen LogP contribution >= 0.6 is 11.8 Å². The summed E-state index contributed by atoms with van der Waals surface area (Å²) in [5, 5.41) is 0. The van der Waals surface area contributed by atoms with Crippen molar-refractivity contribution in [1.82, 2.24) is 4.98 Å². The Kier molecular flexibility index (Phi) is 2.90. The van der Waals surface area contributed by atoms with Crippen molar-refractivity contribution in [3.63, 3.8) is 0 Å². The Hall–Kier alpha value is -1.28. The minimum atomic E-state index is 0.356. The summed E-state index contributed by atoms with van der Waals surface area (Å²) in [7, 11) is 0. The molecule has 1 fully saturated rings. The number of benzene rings is 1. The summed E-state index contributed by atoms with van der Waals surface area (Å²) < 4.78 is 0. The SMILES string of the molecule is CSc1ccccc1-c1ccncc1C1(C)CC1. The Morgan fingerprint density at radius 1 is 1.11 bits per heavy atom. The molecule has 1 nitrogen and oxygen atoms in total. The van der Waals surface area contributed by atoms with Gasteiger partial charge in [-0.25, -0.2) is 0 Å². The zero-order valence-electron chi connectivity index (χ0n) is 10.8. The Bertz CT molecular complexity index is 573. The van der Waals surface area contributed by atoms with E-state index in [2.05, 4.69) is 54.7 Å². The van der Waals surface area contributed by atoms with Gasteiger partial charge in [0.25, 0.3) is 0 Å². The molecule has 0 N–H and O–H groups in total. The summed E-state index contributed by atoms with van der Waals surface area (Å²) in [5.74, 6) is 0. The summed E-state index contributed by atoms with van der Waals surface area (Å²) in [6.07, 6.45) is 8.67. The minimum absolute atomic E-state index is 0.356. The van der Waals surface area contributed by atoms with E-state index in [9.17, 15) is 0 Å². The summed E-state index contributed by atoms with van der Waals surface area (Å²) in [6.45, 7) is 2.34. The van der Waals surface area contributed by atoms with E-state index in [1.54, 1.807) is 0 Å². The number of rotatable bonds is 3. The van der Waals surface area contributed by atoms with E-state index in [4.69, 9.17) is 0 Å². The van der Waals surface area contributed by atoms with E-state index in [1.165, 1.54) is 34.4 Å². The van der Waals surface area contributed by atoms with Crippen molar-refractivity contribution in [3.8, 4) is 11.1 Å². The maximum absolute atomic E-state index is 4.33. The molecule has 2 aromatic rings. The Morgan fingerprint density at radius 3 is 2.61 bits per heavy atom. The van der Waals surface area contributed by atoms with Gasteiger partial charge in [-0.05, 0) is 53.3 Å². The average Bonchev–Trinajstić information content (AvgIpc) is 3.18. The molecule has 0 spiro atoms. The number of thioether (sulfide) groups is 1. The van der Waals surface area contributed by atoms with Crippen molar-refractivity contribution in [2.24, 2.45) is 0 Å². The third-order valence-electron chi connectivity index (χ3n) is 3.87. The van der Waals surface area contributed by atoms with Crippen LogP contribution in [0.5, 0.6) is 0 Å². The quantitative estimate of drug-likeness (QED) is 0.748. The fourth-order valence-electron chi connectivity index (χ4n) is 2.43. The van der Waals surface area contributed by atoms with Gasteiger partial charge in [-0.1, -0.05) is 25.1 Å². The second-order valence-corrected chi connectivity index (χ2v) is 6.03. The number of hydrogen-bond acceptors (Lipinski definition) is 2. The third kappa shape index (κ3) is 1.95. The van der Waals surface area contributed by atoms with Crippen LogP contribution in [0.4, 0.5) is 0 Å². The maximum Gasteiger partial charge on any atom is 0.0311 e. The zero-order valence-corrected chi connectivity index (χ0v) is 11.6. The molecule has 0 unspecified atom stereocenters. The summed E-state index contributed by atoms with van der Waals surface area (Å²) >= 11 is 1.81. The largest absolute Gasteiger partial charge is 0.264 e. The van der Waals surface area contributed by atoms with E-state index < -0.39 is 0 Å². The number of pyridine rings is 1. The highest BCUT2D eigenvalue weighted by Crippen LogP contribution is 2.51. The molecule has 1 aromatic heterocycles. The number of hydrogen-bond donors (Lipinski definition) is 0. The molecular weight excluding hydrogens is 238 g/mol. The zero-order chi connectivity index (χ0) is 12.6. The van der Waals surface area contributed by atoms with Gasteiger partial charge in [-0.15, -0.1) is 11.8 Å². The molecule has 1 aliphatic rings. The molecule has 0 amide bonds. The molecule has 0 atom stereocenters. The van der Waals surface area contributed by atoms with Crippen LogP contribution < -0.4 is 0 Å². The number of nitrogens with zero attached hydrogens (tertiary/aromatic N) is 1. The molecule has 0 saturated heterocycles. The van der Waals surface area contributed by atoms with Crippen LogP contribution in [0, 0.1) is 0 Å². The topological polar surface area (TPSA) is 12.9 Å². The van der Waals surface area contributed by atoms with Gasteiger partial charge in [0, 0.05) is 17.3 Å². The van der Waals surface area contributed by atoms with Crippen LogP contribution in [-0.2, 0) is 5.41 Å². The van der Waals surface area contributed by atoms with Crippen molar-refractivity contribution in [3.05, 3.63) is 48.3 Å². The standard InChI is InChI=1S/C16H17NS/c1-16(8-9-16)14-11-17-10-7-12(14)13-5-3-4-6-15(13)18-2/h3-7,10-11H,8-9H2,1-2H3. The van der Waals surface area contributed by atoms with Gasteiger partial charge in [0.05, 0.1) is 0 Å². The Morgan fingerprint density at radius 2 is 1.89 bits per heavy atom. The van der Waals surface area contributed by atoms with Gasteiger partial charge in [-0.2, -0.15) is 0 Å². The predicted octanol–water partition coefficient (Wildman–Crippen LogP) is 4.52. The molecule has 2 heteroatoms. The molecule has 92 valence electrons. The molecule has 18 heavy (non-hydrogen) atoms. The first-order chi connectivity index (χ1) is 8.74. The summed E-state index contributed by atoms with van der Waals surface area (Å²) in [4.78, 5) is 5.67. The molecule has 0 aliphatic heterocycles. The first kappa shape index (κ1) is 11.8. The normalized spacial score (nSPS) is 16.6. The monoisotopic (exact) mass is 255 g/mol. The van der Waals surface area contributed by atoms with Crippen LogP contribution in [0.15, 0.2) is 47.6 Å². The average molecular weight is 255 g/mol. The second kappa shape index (κ2) is 4.43. The lowest BCUT2D eigenvalue weighted by Gasteiger charge is -2.16. The fraction of sp³-hybridized carbons (Fsp3) is 0.312. The predicted molar refractivity (Wildman–Crippen MR) is 78.0 cm³/mol. The van der Waals surface area contributed by atoms with E-state index >= 15 is 0 Å². The molecule has 1 aliphatic carbocycles. The van der Waals surface area contributed by atoms with Crippen LogP contribution in [0.3, 0.4) is 0 Å². The molecule has 3 rings (SSSR count). The molecule has 1 heterocycles. The lowest BCUT2D eigenvalue weighted by atomic mass is 9.91. The summed E-state index contributed by atoms with van der Waals surface area (Å²) in [5.41, 5.74) is 4.46. The van der Waals surface area contributed by atoms with Crippen LogP contribution in [-0.4, -0.2) is 11.2 Å². The molecule has 0 bridgehead atoms. The van der Waals surface area contributed by atoms with Crippen molar-refractivity contribution in [2.75, 3.05) is 6.26 Å². The van der Waals surface area contributed by atoms with Crippen LogP contribution in [0.2, 0.25) is 0 Å². The van der Waals surface area contributed by atoms with Gasteiger partial charge in [0.15, 0.2) is 0 Å². The first-order valence-corrected chi connectivity index (χ1v) is 7.55. The molecular formula is C16H17NS. The summed E-state index contributed by atoms with van der Waals surface area (Å²) in [6, 6.07) is 10.8. The van der Waals surface area contributed by atoms with Crippen LogP contribution in [0.25, 0.3) is 11.1 Å². The van der Waals surface area contributed by atoms with Crippen molar-refractivity contribution >= 4 is 11.8 Å². The highest BCUT2D eigenvalue weighted by Gasteiger charge is 2.41. The van der Waals surface area contributed by atoms with Gasteiger partial charge < -0.3 is 0 Å². The van der Waals surface area contributed by atoms with E-state index in [1.807, 2.05) is 18.0 Å². The molecule has 0 radical (unpaired) electrons. The van der Waals surface area contributed by atoms with E-state index in [0.29, 0.717) is 5.41 Å².